The van der Waals surface area contributed by atoms with Crippen LogP contribution in [0.1, 0.15) is 20.3 Å². The molecule has 6 nitrogen and oxygen atoms in total. The standard InChI is InChI=1S/C9H16N4O2S/c1-6(2)3-7(14)4-10-8(15)12-9-13-11-5-16-9/h5-7,14H,3-4H2,1-2H3,(H2,10,12,13,15). The molecule has 0 bridgehead atoms. The van der Waals surface area contributed by atoms with Gasteiger partial charge in [0.05, 0.1) is 6.10 Å². The molecule has 1 rings (SSSR count). The number of urea groups is 1. The second-order valence-corrected chi connectivity index (χ2v) is 4.70. The molecule has 0 aliphatic carbocycles. The van der Waals surface area contributed by atoms with Gasteiger partial charge in [0, 0.05) is 6.54 Å². The fraction of sp³-hybridized carbons (Fsp3) is 0.667. The fourth-order valence-corrected chi connectivity index (χ4v) is 1.65. The number of anilines is 1. The lowest BCUT2D eigenvalue weighted by molar-refractivity contribution is 0.148. The summed E-state index contributed by atoms with van der Waals surface area (Å²) in [5.74, 6) is 0.406. The predicted molar refractivity (Wildman–Crippen MR) is 62.4 cm³/mol. The van der Waals surface area contributed by atoms with E-state index in [0.29, 0.717) is 17.5 Å². The number of carbonyl (C=O) groups is 1. The molecule has 2 amide bonds. The minimum Gasteiger partial charge on any atom is -0.391 e. The first-order chi connectivity index (χ1) is 7.58. The number of nitrogens with one attached hydrogen (secondary N) is 2. The molecule has 1 atom stereocenters. The lowest BCUT2D eigenvalue weighted by Gasteiger charge is -2.13. The summed E-state index contributed by atoms with van der Waals surface area (Å²) in [6, 6.07) is -0.375. The highest BCUT2D eigenvalue weighted by atomic mass is 32.1. The van der Waals surface area contributed by atoms with Crippen LogP contribution in [0.15, 0.2) is 5.51 Å². The molecule has 7 heteroatoms. The minimum atomic E-state index is -0.514. The second kappa shape index (κ2) is 6.39. The molecule has 0 aliphatic heterocycles. The van der Waals surface area contributed by atoms with Crippen molar-refractivity contribution < 1.29 is 9.90 Å². The van der Waals surface area contributed by atoms with Crippen LogP contribution in [0.2, 0.25) is 0 Å². The van der Waals surface area contributed by atoms with Gasteiger partial charge in [-0.1, -0.05) is 25.2 Å². The number of aliphatic hydroxyl groups excluding tert-OH is 1. The summed E-state index contributed by atoms with van der Waals surface area (Å²) < 4.78 is 0. The number of carbonyl (C=O) groups excluding carboxylic acids is 1. The van der Waals surface area contributed by atoms with Crippen molar-refractivity contribution in [3.8, 4) is 0 Å². The number of aromatic nitrogens is 2. The highest BCUT2D eigenvalue weighted by Gasteiger charge is 2.09. The lowest BCUT2D eigenvalue weighted by Crippen LogP contribution is -2.35. The Labute approximate surface area is 98.1 Å². The van der Waals surface area contributed by atoms with Gasteiger partial charge in [0.15, 0.2) is 0 Å². The van der Waals surface area contributed by atoms with Crippen molar-refractivity contribution in [2.75, 3.05) is 11.9 Å². The first-order valence-electron chi connectivity index (χ1n) is 5.07. The number of hydrogen-bond acceptors (Lipinski definition) is 5. The zero-order chi connectivity index (χ0) is 12.0. The Kier molecular flexibility index (Phi) is 5.13. The maximum absolute atomic E-state index is 11.3. The van der Waals surface area contributed by atoms with Gasteiger partial charge in [-0.2, -0.15) is 0 Å². The molecule has 0 saturated carbocycles. The molecular formula is C9H16N4O2S. The van der Waals surface area contributed by atoms with Crippen molar-refractivity contribution in [2.24, 2.45) is 5.92 Å². The Balaban J connectivity index is 2.20. The Morgan fingerprint density at radius 3 is 2.94 bits per heavy atom. The zero-order valence-corrected chi connectivity index (χ0v) is 10.1. The van der Waals surface area contributed by atoms with Gasteiger partial charge in [0.25, 0.3) is 0 Å². The summed E-state index contributed by atoms with van der Waals surface area (Å²) in [6.45, 7) is 4.28. The van der Waals surface area contributed by atoms with Gasteiger partial charge in [0.1, 0.15) is 5.51 Å². The SMILES string of the molecule is CC(C)CC(O)CNC(=O)Nc1nncs1. The van der Waals surface area contributed by atoms with Crippen LogP contribution in [-0.4, -0.2) is 34.0 Å². The number of nitrogens with zero attached hydrogens (tertiary/aromatic N) is 2. The molecule has 1 heterocycles. The highest BCUT2D eigenvalue weighted by Crippen LogP contribution is 2.07. The van der Waals surface area contributed by atoms with E-state index < -0.39 is 6.10 Å². The van der Waals surface area contributed by atoms with E-state index in [-0.39, 0.29) is 12.6 Å². The molecule has 90 valence electrons. The quantitative estimate of drug-likeness (QED) is 0.723. The summed E-state index contributed by atoms with van der Waals surface area (Å²) >= 11 is 1.24. The molecule has 0 aliphatic rings. The topological polar surface area (TPSA) is 87.1 Å². The maximum atomic E-state index is 11.3. The van der Waals surface area contributed by atoms with Crippen LogP contribution in [0.5, 0.6) is 0 Å². The van der Waals surface area contributed by atoms with E-state index in [4.69, 9.17) is 0 Å². The van der Waals surface area contributed by atoms with Crippen LogP contribution in [0.25, 0.3) is 0 Å². The Hall–Kier alpha value is -1.21. The normalized spacial score (nSPS) is 12.5. The minimum absolute atomic E-state index is 0.239. The van der Waals surface area contributed by atoms with Gasteiger partial charge in [-0.25, -0.2) is 4.79 Å². The van der Waals surface area contributed by atoms with Crippen molar-refractivity contribution in [1.82, 2.24) is 15.5 Å². The van der Waals surface area contributed by atoms with Crippen molar-refractivity contribution in [2.45, 2.75) is 26.4 Å². The molecule has 0 fully saturated rings. The fourth-order valence-electron chi connectivity index (χ4n) is 1.21. The van der Waals surface area contributed by atoms with E-state index in [1.807, 2.05) is 13.8 Å². The molecular weight excluding hydrogens is 228 g/mol. The van der Waals surface area contributed by atoms with Crippen molar-refractivity contribution >= 4 is 22.5 Å². The Bertz CT molecular complexity index is 315. The third kappa shape index (κ3) is 5.04. The number of amides is 2. The van der Waals surface area contributed by atoms with E-state index >= 15 is 0 Å². The molecule has 16 heavy (non-hydrogen) atoms. The van der Waals surface area contributed by atoms with Crippen LogP contribution >= 0.6 is 11.3 Å². The summed E-state index contributed by atoms with van der Waals surface area (Å²) in [7, 11) is 0. The third-order valence-electron chi connectivity index (χ3n) is 1.82. The molecule has 1 aromatic heterocycles. The maximum Gasteiger partial charge on any atom is 0.321 e. The van der Waals surface area contributed by atoms with E-state index in [1.165, 1.54) is 16.8 Å². The highest BCUT2D eigenvalue weighted by molar-refractivity contribution is 7.13. The molecule has 0 radical (unpaired) electrons. The van der Waals surface area contributed by atoms with Crippen molar-refractivity contribution in [3.05, 3.63) is 5.51 Å². The summed E-state index contributed by atoms with van der Waals surface area (Å²) in [5.41, 5.74) is 1.53. The second-order valence-electron chi connectivity index (χ2n) is 3.86. The van der Waals surface area contributed by atoms with Gasteiger partial charge in [-0.15, -0.1) is 10.2 Å². The summed E-state index contributed by atoms with van der Waals surface area (Å²) in [6.07, 6.45) is 0.152. The van der Waals surface area contributed by atoms with E-state index in [0.717, 1.165) is 0 Å². The van der Waals surface area contributed by atoms with E-state index in [2.05, 4.69) is 20.8 Å². The first-order valence-corrected chi connectivity index (χ1v) is 5.95. The molecule has 0 aromatic carbocycles. The van der Waals surface area contributed by atoms with Gasteiger partial charge < -0.3 is 10.4 Å². The van der Waals surface area contributed by atoms with Gasteiger partial charge in [-0.3, -0.25) is 5.32 Å². The lowest BCUT2D eigenvalue weighted by atomic mass is 10.1. The smallest absolute Gasteiger partial charge is 0.321 e. The number of aliphatic hydroxyl groups is 1. The Morgan fingerprint density at radius 1 is 1.62 bits per heavy atom. The van der Waals surface area contributed by atoms with Crippen LogP contribution in [0, 0.1) is 5.92 Å². The molecule has 3 N–H and O–H groups in total. The summed E-state index contributed by atoms with van der Waals surface area (Å²) in [5, 5.41) is 22.3. The molecule has 0 saturated heterocycles. The largest absolute Gasteiger partial charge is 0.391 e. The van der Waals surface area contributed by atoms with Crippen LogP contribution < -0.4 is 10.6 Å². The zero-order valence-electron chi connectivity index (χ0n) is 9.30. The van der Waals surface area contributed by atoms with E-state index in [9.17, 15) is 9.90 Å². The van der Waals surface area contributed by atoms with Crippen LogP contribution in [-0.2, 0) is 0 Å². The molecule has 1 aromatic rings. The van der Waals surface area contributed by atoms with Gasteiger partial charge >= 0.3 is 6.03 Å². The van der Waals surface area contributed by atoms with Gasteiger partial charge in [0.2, 0.25) is 5.13 Å². The van der Waals surface area contributed by atoms with E-state index in [1.54, 1.807) is 0 Å². The predicted octanol–water partition coefficient (Wildman–Crippen LogP) is 1.07. The average Bonchev–Trinajstić information content (AvgIpc) is 2.66. The number of hydrogen-bond donors (Lipinski definition) is 3. The first kappa shape index (κ1) is 12.9. The molecule has 0 spiro atoms. The third-order valence-corrected chi connectivity index (χ3v) is 2.43. The van der Waals surface area contributed by atoms with Gasteiger partial charge in [-0.05, 0) is 12.3 Å². The number of rotatable bonds is 5. The monoisotopic (exact) mass is 244 g/mol. The summed E-state index contributed by atoms with van der Waals surface area (Å²) in [4.78, 5) is 11.3. The average molecular weight is 244 g/mol. The van der Waals surface area contributed by atoms with Crippen LogP contribution in [0.4, 0.5) is 9.93 Å². The van der Waals surface area contributed by atoms with Crippen LogP contribution in [0.3, 0.4) is 0 Å². The molecule has 1 unspecified atom stereocenters. The van der Waals surface area contributed by atoms with Crippen molar-refractivity contribution in [1.29, 1.82) is 0 Å². The Morgan fingerprint density at radius 2 is 2.38 bits per heavy atom. The van der Waals surface area contributed by atoms with Crippen molar-refractivity contribution in [3.63, 3.8) is 0 Å².